The molecule has 7 nitrogen and oxygen atoms in total. The average molecular weight is 266 g/mol. The van der Waals surface area contributed by atoms with Crippen molar-refractivity contribution >= 4 is 11.9 Å². The number of nitrogens with zero attached hydrogens (tertiary/aromatic N) is 4. The molecule has 0 radical (unpaired) electrons. The largest absolute Gasteiger partial charge is 0.479 e. The van der Waals surface area contributed by atoms with Crippen molar-refractivity contribution in [2.24, 2.45) is 0 Å². The van der Waals surface area contributed by atoms with Gasteiger partial charge in [0.25, 0.3) is 0 Å². The molecule has 2 heterocycles. The van der Waals surface area contributed by atoms with Gasteiger partial charge < -0.3 is 15.1 Å². The Balaban J connectivity index is 1.88. The molecule has 1 aliphatic heterocycles. The predicted molar refractivity (Wildman–Crippen MR) is 68.9 cm³/mol. The molecular weight excluding hydrogens is 248 g/mol. The van der Waals surface area contributed by atoms with E-state index in [1.54, 1.807) is 18.5 Å². The molecule has 7 heteroatoms. The van der Waals surface area contributed by atoms with Crippen molar-refractivity contribution in [2.75, 3.05) is 37.6 Å². The molecule has 0 aliphatic carbocycles. The van der Waals surface area contributed by atoms with Gasteiger partial charge in [-0.25, -0.2) is 14.8 Å². The maximum absolute atomic E-state index is 10.9. The zero-order chi connectivity index (χ0) is 13.9. The van der Waals surface area contributed by atoms with Crippen LogP contribution in [0.25, 0.3) is 0 Å². The zero-order valence-electron chi connectivity index (χ0n) is 10.9. The van der Waals surface area contributed by atoms with Gasteiger partial charge in [-0.15, -0.1) is 0 Å². The molecule has 0 spiro atoms. The summed E-state index contributed by atoms with van der Waals surface area (Å²) in [4.78, 5) is 23.2. The van der Waals surface area contributed by atoms with Crippen molar-refractivity contribution in [1.29, 1.82) is 0 Å². The third-order valence-corrected chi connectivity index (χ3v) is 3.20. The average Bonchev–Trinajstić information content (AvgIpc) is 2.40. The number of carboxylic acids is 1. The van der Waals surface area contributed by atoms with Crippen molar-refractivity contribution in [3.05, 3.63) is 18.5 Å². The van der Waals surface area contributed by atoms with E-state index in [0.29, 0.717) is 19.0 Å². The van der Waals surface area contributed by atoms with Crippen LogP contribution < -0.4 is 4.90 Å². The minimum Gasteiger partial charge on any atom is -0.479 e. The lowest BCUT2D eigenvalue weighted by Gasteiger charge is -2.36. The number of anilines is 1. The fourth-order valence-electron chi connectivity index (χ4n) is 2.06. The van der Waals surface area contributed by atoms with Crippen LogP contribution in [0.4, 0.5) is 5.95 Å². The number of aliphatic hydroxyl groups is 1. The number of piperazine rings is 1. The van der Waals surface area contributed by atoms with E-state index in [1.807, 2.05) is 9.80 Å². The van der Waals surface area contributed by atoms with Crippen LogP contribution in [-0.4, -0.2) is 69.4 Å². The normalized spacial score (nSPS) is 20.0. The summed E-state index contributed by atoms with van der Waals surface area (Å²) in [6.07, 6.45) is 3.40. The molecule has 0 aromatic carbocycles. The second-order valence-corrected chi connectivity index (χ2v) is 4.89. The number of aliphatic carboxylic acids is 1. The van der Waals surface area contributed by atoms with E-state index in [2.05, 4.69) is 9.97 Å². The van der Waals surface area contributed by atoms with Gasteiger partial charge in [0, 0.05) is 45.1 Å². The highest BCUT2D eigenvalue weighted by atomic mass is 16.4. The van der Waals surface area contributed by atoms with E-state index >= 15 is 0 Å². The summed E-state index contributed by atoms with van der Waals surface area (Å²) >= 11 is 0. The van der Waals surface area contributed by atoms with Crippen LogP contribution in [0.3, 0.4) is 0 Å². The molecule has 0 amide bonds. The first-order chi connectivity index (χ1) is 8.99. The second-order valence-electron chi connectivity index (χ2n) is 4.89. The van der Waals surface area contributed by atoms with Crippen LogP contribution in [0.5, 0.6) is 0 Å². The Morgan fingerprint density at radius 3 is 2.42 bits per heavy atom. The molecule has 2 N–H and O–H groups in total. The smallest absolute Gasteiger partial charge is 0.336 e. The highest BCUT2D eigenvalue weighted by Gasteiger charge is 2.33. The molecule has 1 atom stereocenters. The molecule has 1 aromatic heterocycles. The van der Waals surface area contributed by atoms with Gasteiger partial charge in [0.05, 0.1) is 0 Å². The Labute approximate surface area is 111 Å². The van der Waals surface area contributed by atoms with E-state index in [0.717, 1.165) is 13.1 Å². The number of carbonyl (C=O) groups is 1. The summed E-state index contributed by atoms with van der Waals surface area (Å²) in [5.41, 5.74) is -1.70. The van der Waals surface area contributed by atoms with Gasteiger partial charge in [-0.3, -0.25) is 4.90 Å². The highest BCUT2D eigenvalue weighted by Crippen LogP contribution is 2.13. The highest BCUT2D eigenvalue weighted by molar-refractivity contribution is 5.76. The van der Waals surface area contributed by atoms with E-state index in [1.165, 1.54) is 6.92 Å². The number of carboxylic acid groups (broad SMARTS) is 1. The first-order valence-electron chi connectivity index (χ1n) is 6.19. The Morgan fingerprint density at radius 1 is 1.32 bits per heavy atom. The summed E-state index contributed by atoms with van der Waals surface area (Å²) in [7, 11) is 0. The summed E-state index contributed by atoms with van der Waals surface area (Å²) < 4.78 is 0. The van der Waals surface area contributed by atoms with Crippen molar-refractivity contribution < 1.29 is 15.0 Å². The molecule has 1 saturated heterocycles. The van der Waals surface area contributed by atoms with Crippen molar-refractivity contribution in [3.63, 3.8) is 0 Å². The third-order valence-electron chi connectivity index (χ3n) is 3.20. The standard InChI is InChI=1S/C12H18N4O3/c1-12(19,10(17)18)9-15-5-7-16(8-6-15)11-13-3-2-4-14-11/h2-4,19H,5-9H2,1H3,(H,17,18). The molecule has 0 saturated carbocycles. The van der Waals surface area contributed by atoms with Crippen LogP contribution in [0.2, 0.25) is 0 Å². The number of rotatable bonds is 4. The minimum absolute atomic E-state index is 0.131. The van der Waals surface area contributed by atoms with E-state index < -0.39 is 11.6 Å². The lowest BCUT2D eigenvalue weighted by Crippen LogP contribution is -2.53. The minimum atomic E-state index is -1.70. The topological polar surface area (TPSA) is 89.8 Å². The monoisotopic (exact) mass is 266 g/mol. The van der Waals surface area contributed by atoms with Crippen LogP contribution in [0, 0.1) is 0 Å². The maximum Gasteiger partial charge on any atom is 0.336 e. The van der Waals surface area contributed by atoms with Gasteiger partial charge in [0.15, 0.2) is 5.60 Å². The van der Waals surface area contributed by atoms with Crippen molar-refractivity contribution in [2.45, 2.75) is 12.5 Å². The van der Waals surface area contributed by atoms with Crippen LogP contribution >= 0.6 is 0 Å². The third kappa shape index (κ3) is 3.39. The molecule has 104 valence electrons. The summed E-state index contributed by atoms with van der Waals surface area (Å²) in [5, 5.41) is 18.6. The van der Waals surface area contributed by atoms with Crippen LogP contribution in [-0.2, 0) is 4.79 Å². The van der Waals surface area contributed by atoms with Crippen LogP contribution in [0.1, 0.15) is 6.92 Å². The molecule has 1 fully saturated rings. The Bertz CT molecular complexity index is 430. The van der Waals surface area contributed by atoms with Gasteiger partial charge in [0.1, 0.15) is 0 Å². The Kier molecular flexibility index (Phi) is 3.96. The Hall–Kier alpha value is -1.73. The number of hydrogen-bond donors (Lipinski definition) is 2. The van der Waals surface area contributed by atoms with Crippen LogP contribution in [0.15, 0.2) is 18.5 Å². The van der Waals surface area contributed by atoms with Gasteiger partial charge in [-0.05, 0) is 13.0 Å². The zero-order valence-corrected chi connectivity index (χ0v) is 10.9. The molecule has 1 unspecified atom stereocenters. The first-order valence-corrected chi connectivity index (χ1v) is 6.19. The fourth-order valence-corrected chi connectivity index (χ4v) is 2.06. The van der Waals surface area contributed by atoms with Gasteiger partial charge in [-0.1, -0.05) is 0 Å². The summed E-state index contributed by atoms with van der Waals surface area (Å²) in [6, 6.07) is 1.77. The molecule has 1 aliphatic rings. The first kappa shape index (κ1) is 13.7. The predicted octanol–water partition coefficient (Wildman–Crippen LogP) is -0.566. The van der Waals surface area contributed by atoms with E-state index in [9.17, 15) is 9.90 Å². The SMILES string of the molecule is CC(O)(CN1CCN(c2ncccn2)CC1)C(=O)O. The Morgan fingerprint density at radius 2 is 1.89 bits per heavy atom. The van der Waals surface area contributed by atoms with Crippen molar-refractivity contribution in [1.82, 2.24) is 14.9 Å². The van der Waals surface area contributed by atoms with Crippen molar-refractivity contribution in [3.8, 4) is 0 Å². The number of aromatic nitrogens is 2. The van der Waals surface area contributed by atoms with Gasteiger partial charge in [0.2, 0.25) is 5.95 Å². The quantitative estimate of drug-likeness (QED) is 0.754. The summed E-state index contributed by atoms with van der Waals surface area (Å²) in [5.74, 6) is -0.506. The molecule has 19 heavy (non-hydrogen) atoms. The van der Waals surface area contributed by atoms with Gasteiger partial charge in [-0.2, -0.15) is 0 Å². The number of β-amino-alcohol motifs (C(OH)–C–C–N with tert-alkyl or cyclic N) is 1. The maximum atomic E-state index is 10.9. The number of hydrogen-bond acceptors (Lipinski definition) is 6. The lowest BCUT2D eigenvalue weighted by atomic mass is 10.1. The summed E-state index contributed by atoms with van der Waals surface area (Å²) in [6.45, 7) is 4.26. The molecule has 2 rings (SSSR count). The second kappa shape index (κ2) is 5.50. The molecular formula is C12H18N4O3. The fraction of sp³-hybridized carbons (Fsp3) is 0.583. The molecule has 1 aromatic rings. The van der Waals surface area contributed by atoms with E-state index in [-0.39, 0.29) is 6.54 Å². The van der Waals surface area contributed by atoms with Gasteiger partial charge >= 0.3 is 5.97 Å². The molecule has 0 bridgehead atoms. The lowest BCUT2D eigenvalue weighted by molar-refractivity contribution is -0.158. The van der Waals surface area contributed by atoms with E-state index in [4.69, 9.17) is 5.11 Å².